The summed E-state index contributed by atoms with van der Waals surface area (Å²) in [6.07, 6.45) is 2.29. The van der Waals surface area contributed by atoms with Crippen molar-refractivity contribution < 1.29 is 19.1 Å². The van der Waals surface area contributed by atoms with Gasteiger partial charge in [0.2, 0.25) is 5.91 Å². The van der Waals surface area contributed by atoms with Gasteiger partial charge in [-0.2, -0.15) is 0 Å². The molecule has 164 valence electrons. The number of halogens is 2. The van der Waals surface area contributed by atoms with E-state index in [1.165, 1.54) is 0 Å². The molecule has 31 heavy (non-hydrogen) atoms. The Labute approximate surface area is 190 Å². The zero-order valence-electron chi connectivity index (χ0n) is 17.2. The highest BCUT2D eigenvalue weighted by Gasteiger charge is 2.34. The summed E-state index contributed by atoms with van der Waals surface area (Å²) in [5.41, 5.74) is 1.85. The molecule has 0 saturated carbocycles. The van der Waals surface area contributed by atoms with Gasteiger partial charge in [-0.15, -0.1) is 0 Å². The van der Waals surface area contributed by atoms with E-state index in [-0.39, 0.29) is 31.6 Å². The molecule has 0 bridgehead atoms. The molecule has 1 atom stereocenters. The van der Waals surface area contributed by atoms with E-state index in [0.29, 0.717) is 22.2 Å². The SMILES string of the molecule is Cc1cccc(COCC(=O)NC2=CC(C)(NC(=O)COc3ccc(Cl)c(Cl)c3)C2)n1. The summed E-state index contributed by atoms with van der Waals surface area (Å²) in [6, 6.07) is 10.4. The Morgan fingerprint density at radius 2 is 1.90 bits per heavy atom. The molecule has 7 nitrogen and oxygen atoms in total. The van der Waals surface area contributed by atoms with Crippen molar-refractivity contribution in [3.05, 3.63) is 69.6 Å². The Morgan fingerprint density at radius 1 is 1.13 bits per heavy atom. The van der Waals surface area contributed by atoms with E-state index in [2.05, 4.69) is 15.6 Å². The van der Waals surface area contributed by atoms with Crippen molar-refractivity contribution in [3.8, 4) is 5.75 Å². The Hall–Kier alpha value is -2.61. The third kappa shape index (κ3) is 6.95. The van der Waals surface area contributed by atoms with Crippen LogP contribution in [0, 0.1) is 6.92 Å². The number of amides is 2. The fraction of sp³-hybridized carbons (Fsp3) is 0.318. The van der Waals surface area contributed by atoms with E-state index in [0.717, 1.165) is 17.1 Å². The molecule has 0 fully saturated rings. The number of carbonyl (C=O) groups is 2. The highest BCUT2D eigenvalue weighted by atomic mass is 35.5. The highest BCUT2D eigenvalue weighted by molar-refractivity contribution is 6.42. The van der Waals surface area contributed by atoms with Crippen LogP contribution in [0.25, 0.3) is 0 Å². The average Bonchev–Trinajstić information content (AvgIpc) is 2.68. The lowest BCUT2D eigenvalue weighted by Crippen LogP contribution is -2.53. The van der Waals surface area contributed by atoms with Gasteiger partial charge in [0.25, 0.3) is 5.91 Å². The Morgan fingerprint density at radius 3 is 2.61 bits per heavy atom. The normalized spacial score (nSPS) is 17.4. The van der Waals surface area contributed by atoms with Crippen LogP contribution in [0.1, 0.15) is 24.7 Å². The maximum atomic E-state index is 12.2. The summed E-state index contributed by atoms with van der Waals surface area (Å²) in [5, 5.41) is 6.42. The molecule has 0 saturated heterocycles. The number of hydrogen-bond donors (Lipinski definition) is 2. The predicted molar refractivity (Wildman–Crippen MR) is 118 cm³/mol. The van der Waals surface area contributed by atoms with E-state index in [4.69, 9.17) is 32.7 Å². The average molecular weight is 464 g/mol. The number of benzene rings is 1. The van der Waals surface area contributed by atoms with Crippen molar-refractivity contribution in [3.63, 3.8) is 0 Å². The van der Waals surface area contributed by atoms with Crippen LogP contribution >= 0.6 is 23.2 Å². The van der Waals surface area contributed by atoms with Crippen molar-refractivity contribution in [1.82, 2.24) is 15.6 Å². The number of pyridine rings is 1. The van der Waals surface area contributed by atoms with Gasteiger partial charge >= 0.3 is 0 Å². The molecule has 2 amide bonds. The molecule has 1 unspecified atom stereocenters. The standard InChI is InChI=1S/C22H23Cl2N3O4/c1-14-4-3-5-15(25-14)11-30-12-20(28)26-16-9-22(2,10-16)27-21(29)13-31-17-6-7-18(23)19(24)8-17/h3-9H,10-13H2,1-2H3,(H,26,28)(H,27,29). The number of nitrogens with zero attached hydrogens (tertiary/aromatic N) is 1. The summed E-state index contributed by atoms with van der Waals surface area (Å²) in [4.78, 5) is 28.5. The quantitative estimate of drug-likeness (QED) is 0.593. The third-order valence-corrected chi connectivity index (χ3v) is 5.20. The minimum atomic E-state index is -0.549. The summed E-state index contributed by atoms with van der Waals surface area (Å²) in [5.74, 6) is -0.0907. The molecule has 1 aromatic carbocycles. The lowest BCUT2D eigenvalue weighted by atomic mass is 9.84. The molecule has 9 heteroatoms. The minimum Gasteiger partial charge on any atom is -0.484 e. The van der Waals surface area contributed by atoms with E-state index in [1.54, 1.807) is 24.3 Å². The molecule has 0 radical (unpaired) electrons. The topological polar surface area (TPSA) is 89.6 Å². The second kappa shape index (κ2) is 10.1. The number of aryl methyl sites for hydroxylation is 1. The van der Waals surface area contributed by atoms with Crippen molar-refractivity contribution in [2.75, 3.05) is 13.2 Å². The molecule has 1 aliphatic carbocycles. The van der Waals surface area contributed by atoms with E-state index in [9.17, 15) is 9.59 Å². The van der Waals surface area contributed by atoms with Crippen LogP contribution in [0.4, 0.5) is 0 Å². The molecule has 3 rings (SSSR count). The fourth-order valence-electron chi connectivity index (χ4n) is 3.13. The maximum absolute atomic E-state index is 12.2. The second-order valence-electron chi connectivity index (χ2n) is 7.49. The van der Waals surface area contributed by atoms with E-state index in [1.807, 2.05) is 32.0 Å². The van der Waals surface area contributed by atoms with Gasteiger partial charge in [0.1, 0.15) is 12.4 Å². The van der Waals surface area contributed by atoms with Gasteiger partial charge in [-0.25, -0.2) is 0 Å². The molecule has 1 aliphatic rings. The van der Waals surface area contributed by atoms with Gasteiger partial charge in [-0.05, 0) is 44.2 Å². The number of hydrogen-bond acceptors (Lipinski definition) is 5. The van der Waals surface area contributed by atoms with Gasteiger partial charge in [0.05, 0.1) is 27.9 Å². The number of ether oxygens (including phenoxy) is 2. The molecule has 1 aromatic heterocycles. The lowest BCUT2D eigenvalue weighted by Gasteiger charge is -2.37. The molecule has 0 aliphatic heterocycles. The van der Waals surface area contributed by atoms with Crippen molar-refractivity contribution in [2.24, 2.45) is 0 Å². The van der Waals surface area contributed by atoms with Crippen molar-refractivity contribution >= 4 is 35.0 Å². The Kier molecular flexibility index (Phi) is 7.54. The molecule has 2 N–H and O–H groups in total. The van der Waals surface area contributed by atoms with Crippen molar-refractivity contribution in [2.45, 2.75) is 32.4 Å². The highest BCUT2D eigenvalue weighted by Crippen LogP contribution is 2.29. The smallest absolute Gasteiger partial charge is 0.258 e. The van der Waals surface area contributed by atoms with Gasteiger partial charge in [0.15, 0.2) is 6.61 Å². The van der Waals surface area contributed by atoms with Gasteiger partial charge < -0.3 is 20.1 Å². The van der Waals surface area contributed by atoms with Crippen LogP contribution in [-0.4, -0.2) is 35.6 Å². The molecular weight excluding hydrogens is 441 g/mol. The summed E-state index contributed by atoms with van der Waals surface area (Å²) in [7, 11) is 0. The van der Waals surface area contributed by atoms with Crippen LogP contribution in [0.5, 0.6) is 5.75 Å². The number of nitrogens with one attached hydrogen (secondary N) is 2. The zero-order chi connectivity index (χ0) is 22.4. The first-order valence-electron chi connectivity index (χ1n) is 9.63. The van der Waals surface area contributed by atoms with Gasteiger partial charge in [-0.3, -0.25) is 14.6 Å². The second-order valence-corrected chi connectivity index (χ2v) is 8.30. The first-order valence-corrected chi connectivity index (χ1v) is 10.4. The first kappa shape index (κ1) is 23.1. The molecule has 2 aromatic rings. The lowest BCUT2D eigenvalue weighted by molar-refractivity contribution is -0.125. The maximum Gasteiger partial charge on any atom is 0.258 e. The van der Waals surface area contributed by atoms with Crippen LogP contribution in [-0.2, 0) is 20.9 Å². The zero-order valence-corrected chi connectivity index (χ0v) is 18.7. The Bertz CT molecular complexity index is 1010. The van der Waals surface area contributed by atoms with E-state index >= 15 is 0 Å². The molecule has 1 heterocycles. The van der Waals surface area contributed by atoms with Crippen LogP contribution < -0.4 is 15.4 Å². The minimum absolute atomic E-state index is 0.0759. The number of carbonyl (C=O) groups excluding carboxylic acids is 2. The predicted octanol–water partition coefficient (Wildman–Crippen LogP) is 3.57. The van der Waals surface area contributed by atoms with Crippen LogP contribution in [0.3, 0.4) is 0 Å². The van der Waals surface area contributed by atoms with Crippen molar-refractivity contribution in [1.29, 1.82) is 0 Å². The number of aromatic nitrogens is 1. The fourth-order valence-corrected chi connectivity index (χ4v) is 3.41. The summed E-state index contributed by atoms with van der Waals surface area (Å²) >= 11 is 11.8. The van der Waals surface area contributed by atoms with Gasteiger partial charge in [0, 0.05) is 23.9 Å². The monoisotopic (exact) mass is 463 g/mol. The summed E-state index contributed by atoms with van der Waals surface area (Å²) in [6.45, 7) is 3.78. The van der Waals surface area contributed by atoms with Crippen LogP contribution in [0.15, 0.2) is 48.2 Å². The number of rotatable bonds is 9. The largest absolute Gasteiger partial charge is 0.484 e. The van der Waals surface area contributed by atoms with Crippen LogP contribution in [0.2, 0.25) is 10.0 Å². The van der Waals surface area contributed by atoms with Gasteiger partial charge in [-0.1, -0.05) is 29.3 Å². The summed E-state index contributed by atoms with van der Waals surface area (Å²) < 4.78 is 10.8. The molecule has 0 spiro atoms. The van der Waals surface area contributed by atoms with E-state index < -0.39 is 5.54 Å². The first-order chi connectivity index (χ1) is 14.7. The Balaban J connectivity index is 1.37. The third-order valence-electron chi connectivity index (χ3n) is 4.47. The molecular formula is C22H23Cl2N3O4.